The predicted octanol–water partition coefficient (Wildman–Crippen LogP) is 4.02. The Bertz CT molecular complexity index is 551. The number of halogens is 1. The van der Waals surface area contributed by atoms with Crippen molar-refractivity contribution in [3.63, 3.8) is 0 Å². The number of nitrogens with two attached hydrogens (primary N) is 1. The fraction of sp³-hybridized carbons (Fsp3) is 0.333. The van der Waals surface area contributed by atoms with Crippen molar-refractivity contribution >= 4 is 22.9 Å². The minimum Gasteiger partial charge on any atom is -0.271 e. The van der Waals surface area contributed by atoms with E-state index in [1.54, 1.807) is 0 Å². The molecule has 4 heteroatoms. The maximum absolute atomic E-state index is 6.31. The summed E-state index contributed by atoms with van der Waals surface area (Å²) >= 11 is 8.15. The van der Waals surface area contributed by atoms with Gasteiger partial charge in [-0.05, 0) is 42.7 Å². The van der Waals surface area contributed by atoms with Crippen LogP contribution in [0.2, 0.25) is 5.02 Å². The Kier molecular flexibility index (Phi) is 4.99. The second-order valence-electron chi connectivity index (χ2n) is 4.67. The lowest BCUT2D eigenvalue weighted by Gasteiger charge is -2.17. The smallest absolute Gasteiger partial charge is 0.0522 e. The third-order valence-electron chi connectivity index (χ3n) is 3.20. The summed E-state index contributed by atoms with van der Waals surface area (Å²) < 4.78 is 0. The average Bonchev–Trinajstić information content (AvgIpc) is 2.84. The molecule has 102 valence electrons. The summed E-state index contributed by atoms with van der Waals surface area (Å²) in [4.78, 5) is 2.73. The van der Waals surface area contributed by atoms with E-state index in [4.69, 9.17) is 17.4 Å². The van der Waals surface area contributed by atoms with E-state index < -0.39 is 0 Å². The molecule has 1 aromatic carbocycles. The maximum Gasteiger partial charge on any atom is 0.0522 e. The number of nitrogens with one attached hydrogen (secondary N) is 1. The largest absolute Gasteiger partial charge is 0.271 e. The number of thiophene rings is 1. The van der Waals surface area contributed by atoms with Gasteiger partial charge in [0.25, 0.3) is 0 Å². The van der Waals surface area contributed by atoms with Crippen LogP contribution in [0.1, 0.15) is 33.8 Å². The Morgan fingerprint density at radius 1 is 1.26 bits per heavy atom. The lowest BCUT2D eigenvalue weighted by Crippen LogP contribution is -2.29. The first-order valence-electron chi connectivity index (χ1n) is 6.43. The van der Waals surface area contributed by atoms with E-state index in [0.717, 1.165) is 29.0 Å². The van der Waals surface area contributed by atoms with E-state index >= 15 is 0 Å². The van der Waals surface area contributed by atoms with Gasteiger partial charge in [-0.15, -0.1) is 11.3 Å². The number of rotatable bonds is 5. The zero-order valence-electron chi connectivity index (χ0n) is 11.2. The summed E-state index contributed by atoms with van der Waals surface area (Å²) in [6.45, 7) is 4.21. The van der Waals surface area contributed by atoms with Crippen LogP contribution in [0.4, 0.5) is 0 Å². The molecule has 1 aromatic heterocycles. The number of hydrazine groups is 1. The molecule has 0 radical (unpaired) electrons. The highest BCUT2D eigenvalue weighted by atomic mass is 35.5. The molecular weight excluding hydrogens is 276 g/mol. The number of benzene rings is 1. The fourth-order valence-corrected chi connectivity index (χ4v) is 3.47. The summed E-state index contributed by atoms with van der Waals surface area (Å²) in [6.07, 6.45) is 1.95. The van der Waals surface area contributed by atoms with Crippen LogP contribution in [0.15, 0.2) is 30.3 Å². The second kappa shape index (κ2) is 6.53. The van der Waals surface area contributed by atoms with Crippen molar-refractivity contribution in [1.29, 1.82) is 0 Å². The molecule has 3 N–H and O–H groups in total. The van der Waals surface area contributed by atoms with Crippen LogP contribution in [-0.2, 0) is 12.8 Å². The van der Waals surface area contributed by atoms with E-state index in [-0.39, 0.29) is 6.04 Å². The number of aryl methyl sites for hydroxylation is 2. The number of hydrogen-bond donors (Lipinski definition) is 2. The van der Waals surface area contributed by atoms with Crippen LogP contribution < -0.4 is 11.3 Å². The van der Waals surface area contributed by atoms with Crippen molar-refractivity contribution < 1.29 is 0 Å². The second-order valence-corrected chi connectivity index (χ2v) is 6.33. The topological polar surface area (TPSA) is 38.0 Å². The zero-order valence-corrected chi connectivity index (χ0v) is 12.8. The lowest BCUT2D eigenvalue weighted by atomic mass is 10.0. The van der Waals surface area contributed by atoms with Crippen LogP contribution >= 0.6 is 22.9 Å². The van der Waals surface area contributed by atoms with Crippen molar-refractivity contribution in [2.45, 2.75) is 32.7 Å². The van der Waals surface area contributed by atoms with Gasteiger partial charge in [-0.1, -0.05) is 30.7 Å². The van der Waals surface area contributed by atoms with Gasteiger partial charge >= 0.3 is 0 Å². The minimum absolute atomic E-state index is 0.0523. The Labute approximate surface area is 123 Å². The van der Waals surface area contributed by atoms with Crippen molar-refractivity contribution in [3.8, 4) is 0 Å². The highest BCUT2D eigenvalue weighted by Crippen LogP contribution is 2.28. The van der Waals surface area contributed by atoms with Gasteiger partial charge in [0, 0.05) is 21.2 Å². The van der Waals surface area contributed by atoms with Crippen molar-refractivity contribution in [2.24, 2.45) is 5.84 Å². The van der Waals surface area contributed by atoms with Crippen molar-refractivity contribution in [2.75, 3.05) is 0 Å². The molecule has 0 aliphatic heterocycles. The Balaban J connectivity index is 2.19. The van der Waals surface area contributed by atoms with Gasteiger partial charge < -0.3 is 0 Å². The van der Waals surface area contributed by atoms with Gasteiger partial charge in [-0.2, -0.15) is 0 Å². The third kappa shape index (κ3) is 3.57. The standard InChI is InChI=1S/C15H19ClN2S/c1-3-11-5-6-12(19-11)9-15(18-17)13-7-4-10(2)8-14(13)16/h4-8,15,18H,3,9,17H2,1-2H3. The first-order valence-corrected chi connectivity index (χ1v) is 7.63. The molecule has 2 nitrogen and oxygen atoms in total. The average molecular weight is 295 g/mol. The molecule has 0 spiro atoms. The summed E-state index contributed by atoms with van der Waals surface area (Å²) in [5, 5.41) is 0.773. The monoisotopic (exact) mass is 294 g/mol. The molecule has 2 aromatic rings. The van der Waals surface area contributed by atoms with Gasteiger partial charge in [0.2, 0.25) is 0 Å². The molecule has 0 aliphatic rings. The zero-order chi connectivity index (χ0) is 13.8. The van der Waals surface area contributed by atoms with Gasteiger partial charge in [0.05, 0.1) is 6.04 Å². The Morgan fingerprint density at radius 3 is 2.58 bits per heavy atom. The molecule has 2 rings (SSSR count). The van der Waals surface area contributed by atoms with E-state index in [1.807, 2.05) is 24.3 Å². The highest BCUT2D eigenvalue weighted by Gasteiger charge is 2.15. The van der Waals surface area contributed by atoms with Gasteiger partial charge in [0.1, 0.15) is 0 Å². The van der Waals surface area contributed by atoms with Crippen LogP contribution in [0.5, 0.6) is 0 Å². The first-order chi connectivity index (χ1) is 9.13. The molecule has 1 unspecified atom stereocenters. The molecule has 0 amide bonds. The molecule has 0 bridgehead atoms. The predicted molar refractivity (Wildman–Crippen MR) is 83.7 cm³/mol. The fourth-order valence-electron chi connectivity index (χ4n) is 2.10. The van der Waals surface area contributed by atoms with Gasteiger partial charge in [-0.3, -0.25) is 11.3 Å². The first kappa shape index (κ1) is 14.5. The van der Waals surface area contributed by atoms with Gasteiger partial charge in [0.15, 0.2) is 0 Å². The normalized spacial score (nSPS) is 12.6. The molecular formula is C15H19ClN2S. The van der Waals surface area contributed by atoms with Crippen LogP contribution in [0.25, 0.3) is 0 Å². The van der Waals surface area contributed by atoms with E-state index in [2.05, 4.69) is 36.6 Å². The van der Waals surface area contributed by atoms with E-state index in [1.165, 1.54) is 9.75 Å². The third-order valence-corrected chi connectivity index (χ3v) is 4.78. The highest BCUT2D eigenvalue weighted by molar-refractivity contribution is 7.11. The molecule has 19 heavy (non-hydrogen) atoms. The summed E-state index contributed by atoms with van der Waals surface area (Å²) in [5.74, 6) is 5.69. The maximum atomic E-state index is 6.31. The summed E-state index contributed by atoms with van der Waals surface area (Å²) in [5.41, 5.74) is 5.09. The van der Waals surface area contributed by atoms with Crippen molar-refractivity contribution in [3.05, 3.63) is 56.2 Å². The minimum atomic E-state index is 0.0523. The quantitative estimate of drug-likeness (QED) is 0.646. The van der Waals surface area contributed by atoms with Crippen molar-refractivity contribution in [1.82, 2.24) is 5.43 Å². The molecule has 0 aliphatic carbocycles. The SMILES string of the molecule is CCc1ccc(CC(NN)c2ccc(C)cc2Cl)s1. The lowest BCUT2D eigenvalue weighted by molar-refractivity contribution is 0.556. The van der Waals surface area contributed by atoms with Crippen LogP contribution in [0.3, 0.4) is 0 Å². The van der Waals surface area contributed by atoms with Crippen LogP contribution in [0, 0.1) is 6.92 Å². The Morgan fingerprint density at radius 2 is 2.00 bits per heavy atom. The van der Waals surface area contributed by atoms with Gasteiger partial charge in [-0.25, -0.2) is 0 Å². The van der Waals surface area contributed by atoms with Crippen LogP contribution in [-0.4, -0.2) is 0 Å². The number of hydrogen-bond acceptors (Lipinski definition) is 3. The van der Waals surface area contributed by atoms with E-state index in [9.17, 15) is 0 Å². The molecule has 0 saturated heterocycles. The summed E-state index contributed by atoms with van der Waals surface area (Å²) in [6, 6.07) is 10.5. The summed E-state index contributed by atoms with van der Waals surface area (Å²) in [7, 11) is 0. The molecule has 0 fully saturated rings. The van der Waals surface area contributed by atoms with E-state index in [0.29, 0.717) is 0 Å². The molecule has 1 atom stereocenters. The molecule has 1 heterocycles. The molecule has 0 saturated carbocycles. The Hall–Kier alpha value is -0.870.